The van der Waals surface area contributed by atoms with Crippen molar-refractivity contribution in [3.8, 4) is 11.5 Å². The molecule has 1 N–H and O–H groups in total. The molecule has 0 radical (unpaired) electrons. The van der Waals surface area contributed by atoms with E-state index in [-0.39, 0.29) is 24.6 Å². The highest BCUT2D eigenvalue weighted by molar-refractivity contribution is 5.81. The number of nitrogens with zero attached hydrogens (tertiary/aromatic N) is 1. The summed E-state index contributed by atoms with van der Waals surface area (Å²) < 4.78 is 10.8. The van der Waals surface area contributed by atoms with Gasteiger partial charge in [0.1, 0.15) is 11.5 Å². The number of rotatable bonds is 9. The molecule has 3 rings (SSSR count). The van der Waals surface area contributed by atoms with Crippen molar-refractivity contribution in [2.75, 3.05) is 20.3 Å². The average molecular weight is 394 g/mol. The SMILES string of the molecule is CCCCN(Cc1cc2ccc(OC)cc2[nH]c1=O)C(=O)COc1ccccc1. The molecular formula is C23H26N2O4. The minimum Gasteiger partial charge on any atom is -0.497 e. The van der Waals surface area contributed by atoms with Gasteiger partial charge in [0.2, 0.25) is 0 Å². The van der Waals surface area contributed by atoms with Gasteiger partial charge >= 0.3 is 0 Å². The fourth-order valence-corrected chi connectivity index (χ4v) is 3.07. The van der Waals surface area contributed by atoms with Crippen LogP contribution in [0.2, 0.25) is 0 Å². The number of H-pyrrole nitrogens is 1. The molecule has 0 bridgehead atoms. The van der Waals surface area contributed by atoms with Gasteiger partial charge in [0.05, 0.1) is 19.2 Å². The van der Waals surface area contributed by atoms with E-state index in [1.165, 1.54) is 0 Å². The molecule has 29 heavy (non-hydrogen) atoms. The maximum atomic E-state index is 12.8. The summed E-state index contributed by atoms with van der Waals surface area (Å²) in [7, 11) is 1.59. The lowest BCUT2D eigenvalue weighted by Crippen LogP contribution is -2.36. The van der Waals surface area contributed by atoms with Gasteiger partial charge in [-0.05, 0) is 42.1 Å². The van der Waals surface area contributed by atoms with Crippen LogP contribution >= 0.6 is 0 Å². The van der Waals surface area contributed by atoms with Gasteiger partial charge in [-0.2, -0.15) is 0 Å². The van der Waals surface area contributed by atoms with Gasteiger partial charge in [0.15, 0.2) is 6.61 Å². The van der Waals surface area contributed by atoms with Gasteiger partial charge in [0.25, 0.3) is 11.5 Å². The Morgan fingerprint density at radius 1 is 1.07 bits per heavy atom. The second-order valence-electron chi connectivity index (χ2n) is 6.85. The highest BCUT2D eigenvalue weighted by atomic mass is 16.5. The molecule has 0 atom stereocenters. The van der Waals surface area contributed by atoms with Crippen LogP contribution in [0.25, 0.3) is 10.9 Å². The number of ether oxygens (including phenoxy) is 2. The Hall–Kier alpha value is -3.28. The topological polar surface area (TPSA) is 71.6 Å². The second kappa shape index (κ2) is 9.78. The quantitative estimate of drug-likeness (QED) is 0.600. The summed E-state index contributed by atoms with van der Waals surface area (Å²) in [5, 5.41) is 0.892. The predicted octanol–water partition coefficient (Wildman–Crippen LogP) is 3.74. The molecule has 0 spiro atoms. The third-order valence-electron chi connectivity index (χ3n) is 4.73. The molecule has 0 aliphatic carbocycles. The highest BCUT2D eigenvalue weighted by Crippen LogP contribution is 2.19. The number of benzene rings is 2. The number of carbonyl (C=O) groups excluding carboxylic acids is 1. The van der Waals surface area contributed by atoms with Crippen molar-refractivity contribution in [2.45, 2.75) is 26.3 Å². The van der Waals surface area contributed by atoms with E-state index >= 15 is 0 Å². The molecule has 6 nitrogen and oxygen atoms in total. The van der Waals surface area contributed by atoms with Gasteiger partial charge in [-0.25, -0.2) is 0 Å². The molecule has 1 amide bonds. The van der Waals surface area contributed by atoms with Crippen LogP contribution in [0.15, 0.2) is 59.4 Å². The fraction of sp³-hybridized carbons (Fsp3) is 0.304. The van der Waals surface area contributed by atoms with Gasteiger partial charge in [-0.15, -0.1) is 0 Å². The number of carbonyl (C=O) groups is 1. The van der Waals surface area contributed by atoms with Crippen LogP contribution in [-0.2, 0) is 11.3 Å². The zero-order valence-corrected chi connectivity index (χ0v) is 16.8. The maximum Gasteiger partial charge on any atom is 0.260 e. The number of amides is 1. The summed E-state index contributed by atoms with van der Waals surface area (Å²) in [6.07, 6.45) is 1.82. The zero-order chi connectivity index (χ0) is 20.6. The Bertz CT molecular complexity index is 1010. The molecule has 0 aliphatic rings. The molecule has 0 saturated carbocycles. The first-order valence-corrected chi connectivity index (χ1v) is 9.76. The molecule has 0 aliphatic heterocycles. The highest BCUT2D eigenvalue weighted by Gasteiger charge is 2.16. The molecule has 2 aromatic carbocycles. The van der Waals surface area contributed by atoms with Crippen molar-refractivity contribution < 1.29 is 14.3 Å². The van der Waals surface area contributed by atoms with Gasteiger partial charge in [0, 0.05) is 18.2 Å². The normalized spacial score (nSPS) is 10.7. The van der Waals surface area contributed by atoms with Gasteiger partial charge < -0.3 is 19.4 Å². The van der Waals surface area contributed by atoms with Crippen LogP contribution < -0.4 is 15.0 Å². The van der Waals surface area contributed by atoms with E-state index in [1.807, 2.05) is 48.5 Å². The third kappa shape index (κ3) is 5.38. The first-order valence-electron chi connectivity index (χ1n) is 9.76. The molecule has 0 saturated heterocycles. The Morgan fingerprint density at radius 3 is 2.59 bits per heavy atom. The van der Waals surface area contributed by atoms with Crippen molar-refractivity contribution in [1.82, 2.24) is 9.88 Å². The van der Waals surface area contributed by atoms with Crippen molar-refractivity contribution in [2.24, 2.45) is 0 Å². The van der Waals surface area contributed by atoms with E-state index in [0.717, 1.165) is 18.2 Å². The summed E-state index contributed by atoms with van der Waals surface area (Å²) in [5.74, 6) is 1.18. The van der Waals surface area contributed by atoms with E-state index in [2.05, 4.69) is 11.9 Å². The van der Waals surface area contributed by atoms with Crippen molar-refractivity contribution in [3.05, 3.63) is 70.5 Å². The minimum atomic E-state index is -0.205. The van der Waals surface area contributed by atoms with E-state index in [1.54, 1.807) is 18.1 Å². The lowest BCUT2D eigenvalue weighted by Gasteiger charge is -2.22. The fourth-order valence-electron chi connectivity index (χ4n) is 3.07. The van der Waals surface area contributed by atoms with Crippen LogP contribution in [0.3, 0.4) is 0 Å². The Kier molecular flexibility index (Phi) is 6.89. The maximum absolute atomic E-state index is 12.8. The number of unbranched alkanes of at least 4 members (excludes halogenated alkanes) is 1. The van der Waals surface area contributed by atoms with E-state index in [0.29, 0.717) is 29.1 Å². The third-order valence-corrected chi connectivity index (χ3v) is 4.73. The number of aromatic amines is 1. The smallest absolute Gasteiger partial charge is 0.260 e. The Labute approximate surface area is 170 Å². The number of hydrogen-bond donors (Lipinski definition) is 1. The van der Waals surface area contributed by atoms with Crippen LogP contribution in [0.1, 0.15) is 25.3 Å². The number of para-hydroxylation sites is 1. The average Bonchev–Trinajstić information content (AvgIpc) is 2.75. The predicted molar refractivity (Wildman–Crippen MR) is 113 cm³/mol. The summed E-state index contributed by atoms with van der Waals surface area (Å²) in [6.45, 7) is 2.83. The first-order chi connectivity index (χ1) is 14.1. The van der Waals surface area contributed by atoms with Crippen molar-refractivity contribution in [3.63, 3.8) is 0 Å². The van der Waals surface area contributed by atoms with Crippen LogP contribution in [0.4, 0.5) is 0 Å². The number of fused-ring (bicyclic) bond motifs is 1. The van der Waals surface area contributed by atoms with E-state index < -0.39 is 0 Å². The van der Waals surface area contributed by atoms with Crippen molar-refractivity contribution in [1.29, 1.82) is 0 Å². The molecule has 6 heteroatoms. The van der Waals surface area contributed by atoms with Gasteiger partial charge in [-0.1, -0.05) is 31.5 Å². The molecule has 1 aromatic heterocycles. The monoisotopic (exact) mass is 394 g/mol. The van der Waals surface area contributed by atoms with E-state index in [4.69, 9.17) is 9.47 Å². The molecule has 152 valence electrons. The number of aromatic nitrogens is 1. The number of hydrogen-bond acceptors (Lipinski definition) is 4. The minimum absolute atomic E-state index is 0.0591. The van der Waals surface area contributed by atoms with Crippen LogP contribution in [0, 0.1) is 0 Å². The summed E-state index contributed by atoms with van der Waals surface area (Å²) >= 11 is 0. The van der Waals surface area contributed by atoms with Gasteiger partial charge in [-0.3, -0.25) is 9.59 Å². The lowest BCUT2D eigenvalue weighted by atomic mass is 10.1. The lowest BCUT2D eigenvalue weighted by molar-refractivity contribution is -0.134. The summed E-state index contributed by atoms with van der Waals surface area (Å²) in [6, 6.07) is 16.6. The summed E-state index contributed by atoms with van der Waals surface area (Å²) in [4.78, 5) is 29.9. The standard InChI is InChI=1S/C23H26N2O4/c1-3-4-12-25(22(26)16-29-19-8-6-5-7-9-19)15-18-13-17-10-11-20(28-2)14-21(17)24-23(18)27/h5-11,13-14H,3-4,12,15-16H2,1-2H3,(H,24,27). The Morgan fingerprint density at radius 2 is 1.86 bits per heavy atom. The second-order valence-corrected chi connectivity index (χ2v) is 6.85. The number of methoxy groups -OCH3 is 1. The first kappa shape index (κ1) is 20.5. The number of nitrogens with one attached hydrogen (secondary N) is 1. The zero-order valence-electron chi connectivity index (χ0n) is 16.8. The van der Waals surface area contributed by atoms with Crippen molar-refractivity contribution >= 4 is 16.8 Å². The summed E-state index contributed by atoms with van der Waals surface area (Å²) in [5.41, 5.74) is 1.05. The molecule has 0 fully saturated rings. The van der Waals surface area contributed by atoms with Crippen LogP contribution in [0.5, 0.6) is 11.5 Å². The van der Waals surface area contributed by atoms with Crippen LogP contribution in [-0.4, -0.2) is 36.1 Å². The largest absolute Gasteiger partial charge is 0.497 e. The molecule has 3 aromatic rings. The molecular weight excluding hydrogens is 368 g/mol. The Balaban J connectivity index is 1.77. The van der Waals surface area contributed by atoms with E-state index in [9.17, 15) is 9.59 Å². The molecule has 0 unspecified atom stereocenters. The number of pyridine rings is 1. The molecule has 1 heterocycles.